The van der Waals surface area contributed by atoms with Crippen molar-refractivity contribution < 1.29 is 28.8 Å². The smallest absolute Gasteiger partial charge is 0.340 e. The lowest BCUT2D eigenvalue weighted by molar-refractivity contribution is -0.576. The SMILES string of the molecule is C[C@H]1[C@H](OC(=O)c2ccc(C=C=Cc3ccc(C(C)(C)C)cc3)cc2)O[C@@H]2O[C@@]3(C)CC[C@H]4[C@H](C)CC[C@@H]1[C@@]24OO3. The van der Waals surface area contributed by atoms with Crippen LogP contribution in [-0.2, 0) is 29.4 Å². The molecule has 5 aliphatic rings. The van der Waals surface area contributed by atoms with Gasteiger partial charge in [-0.25, -0.2) is 14.6 Å². The van der Waals surface area contributed by atoms with Crippen LogP contribution < -0.4 is 0 Å². The molecular formula is C35H42O6. The van der Waals surface area contributed by atoms with E-state index < -0.39 is 29.9 Å². The molecule has 0 N–H and O–H groups in total. The second-order valence-electron chi connectivity index (χ2n) is 13.6. The van der Waals surface area contributed by atoms with Crippen molar-refractivity contribution in [3.05, 3.63) is 76.5 Å². The number of rotatable bonds is 4. The molecule has 8 atom stereocenters. The van der Waals surface area contributed by atoms with Crippen molar-refractivity contribution in [3.8, 4) is 0 Å². The van der Waals surface area contributed by atoms with Crippen LogP contribution in [0.5, 0.6) is 0 Å². The Kier molecular flexibility index (Phi) is 7.28. The summed E-state index contributed by atoms with van der Waals surface area (Å²) in [6, 6.07) is 15.9. The Labute approximate surface area is 243 Å². The highest BCUT2D eigenvalue weighted by Crippen LogP contribution is 2.60. The molecule has 1 saturated carbocycles. The van der Waals surface area contributed by atoms with Gasteiger partial charge in [0.15, 0.2) is 11.9 Å². The predicted molar refractivity (Wildman–Crippen MR) is 156 cm³/mol. The zero-order chi connectivity index (χ0) is 29.0. The summed E-state index contributed by atoms with van der Waals surface area (Å²) >= 11 is 0. The number of esters is 1. The molecule has 4 heterocycles. The van der Waals surface area contributed by atoms with Gasteiger partial charge in [0.2, 0.25) is 12.1 Å². The lowest BCUT2D eigenvalue weighted by Gasteiger charge is -2.59. The summed E-state index contributed by atoms with van der Waals surface area (Å²) in [5.41, 5.74) is 6.52. The van der Waals surface area contributed by atoms with Crippen molar-refractivity contribution in [3.63, 3.8) is 0 Å². The van der Waals surface area contributed by atoms with Gasteiger partial charge in [-0.05, 0) is 84.4 Å². The molecule has 2 aromatic rings. The van der Waals surface area contributed by atoms with Crippen LogP contribution in [0.1, 0.15) is 94.3 Å². The van der Waals surface area contributed by atoms with Gasteiger partial charge >= 0.3 is 5.97 Å². The predicted octanol–water partition coefficient (Wildman–Crippen LogP) is 7.67. The summed E-state index contributed by atoms with van der Waals surface area (Å²) in [6.07, 6.45) is 6.25. The van der Waals surface area contributed by atoms with E-state index in [2.05, 4.69) is 64.6 Å². The van der Waals surface area contributed by atoms with Gasteiger partial charge in [0.05, 0.1) is 5.56 Å². The minimum atomic E-state index is -0.861. The normalized spacial score (nSPS) is 36.0. The first-order valence-electron chi connectivity index (χ1n) is 15.0. The van der Waals surface area contributed by atoms with E-state index in [1.807, 2.05) is 31.2 Å². The van der Waals surface area contributed by atoms with E-state index in [1.165, 1.54) is 5.56 Å². The Bertz CT molecular complexity index is 1330. The maximum absolute atomic E-state index is 13.2. The number of hydrogen-bond acceptors (Lipinski definition) is 6. The molecule has 4 saturated heterocycles. The maximum atomic E-state index is 13.2. The summed E-state index contributed by atoms with van der Waals surface area (Å²) in [5.74, 6) is -0.484. The standard InChI is InChI=1S/C35H42O6/c1-22-10-19-29-23(2)31(38-32-35(29)28(22)20-21-34(6,39-32)40-41-35)37-30(36)26-15-11-24(12-16-26)8-7-9-25-13-17-27(18-14-25)33(3,4)5/h8-9,11-18,22-23,28-29,31-32H,10,19-21H2,1-6H3/t7?,22-,23-,28+,29+,31-,32-,34-,35-/m1/s1. The third kappa shape index (κ3) is 5.22. The van der Waals surface area contributed by atoms with Crippen LogP contribution in [0.15, 0.2) is 54.3 Å². The van der Waals surface area contributed by atoms with E-state index in [0.717, 1.165) is 36.8 Å². The van der Waals surface area contributed by atoms with Crippen molar-refractivity contribution in [2.75, 3.05) is 0 Å². The number of hydrogen-bond donors (Lipinski definition) is 0. The largest absolute Gasteiger partial charge is 0.432 e. The fraction of sp³-hybridized carbons (Fsp3) is 0.543. The van der Waals surface area contributed by atoms with Crippen LogP contribution in [0.4, 0.5) is 0 Å². The highest BCUT2D eigenvalue weighted by molar-refractivity contribution is 5.89. The molecule has 218 valence electrons. The van der Waals surface area contributed by atoms with E-state index in [4.69, 9.17) is 24.0 Å². The Morgan fingerprint density at radius 3 is 2.24 bits per heavy atom. The molecule has 1 spiro atoms. The molecule has 6 nitrogen and oxygen atoms in total. The fourth-order valence-electron chi connectivity index (χ4n) is 7.21. The molecule has 6 heteroatoms. The number of benzene rings is 2. The summed E-state index contributed by atoms with van der Waals surface area (Å²) < 4.78 is 18.8. The van der Waals surface area contributed by atoms with Crippen LogP contribution >= 0.6 is 0 Å². The molecule has 5 fully saturated rings. The van der Waals surface area contributed by atoms with Crippen LogP contribution in [0.3, 0.4) is 0 Å². The molecule has 7 rings (SSSR count). The van der Waals surface area contributed by atoms with Gasteiger partial charge in [0.1, 0.15) is 0 Å². The summed E-state index contributed by atoms with van der Waals surface area (Å²) in [7, 11) is 0. The van der Waals surface area contributed by atoms with Gasteiger partial charge in [-0.15, -0.1) is 5.73 Å². The van der Waals surface area contributed by atoms with Gasteiger partial charge in [-0.1, -0.05) is 71.0 Å². The quantitative estimate of drug-likeness (QED) is 0.218. The van der Waals surface area contributed by atoms with Gasteiger partial charge in [0, 0.05) is 18.3 Å². The lowest BCUT2D eigenvalue weighted by Crippen LogP contribution is -2.70. The minimum absolute atomic E-state index is 0.0651. The molecule has 2 aromatic carbocycles. The van der Waals surface area contributed by atoms with E-state index in [-0.39, 0.29) is 23.2 Å². The van der Waals surface area contributed by atoms with Gasteiger partial charge in [-0.3, -0.25) is 0 Å². The zero-order valence-electron chi connectivity index (χ0n) is 25.0. The first-order chi connectivity index (χ1) is 19.5. The van der Waals surface area contributed by atoms with E-state index in [0.29, 0.717) is 11.5 Å². The third-order valence-electron chi connectivity index (χ3n) is 9.74. The molecule has 2 bridgehead atoms. The van der Waals surface area contributed by atoms with Crippen molar-refractivity contribution >= 4 is 18.1 Å². The van der Waals surface area contributed by atoms with Crippen molar-refractivity contribution in [2.24, 2.45) is 23.7 Å². The fourth-order valence-corrected chi connectivity index (χ4v) is 7.21. The summed E-state index contributed by atoms with van der Waals surface area (Å²) in [6.45, 7) is 12.9. The second kappa shape index (κ2) is 10.5. The Morgan fingerprint density at radius 2 is 1.59 bits per heavy atom. The average molecular weight is 559 g/mol. The maximum Gasteiger partial charge on any atom is 0.340 e. The van der Waals surface area contributed by atoms with Crippen molar-refractivity contribution in [1.82, 2.24) is 0 Å². The number of ether oxygens (including phenoxy) is 3. The molecule has 0 amide bonds. The molecule has 41 heavy (non-hydrogen) atoms. The first kappa shape index (κ1) is 28.4. The van der Waals surface area contributed by atoms with Gasteiger partial charge in [0.25, 0.3) is 0 Å². The van der Waals surface area contributed by atoms with Crippen LogP contribution in [-0.4, -0.2) is 29.9 Å². The molecule has 4 aliphatic heterocycles. The lowest BCUT2D eigenvalue weighted by atomic mass is 9.58. The second-order valence-corrected chi connectivity index (χ2v) is 13.6. The molecule has 0 radical (unpaired) electrons. The summed E-state index contributed by atoms with van der Waals surface area (Å²) in [5, 5.41) is 0. The highest BCUT2D eigenvalue weighted by Gasteiger charge is 2.69. The summed E-state index contributed by atoms with van der Waals surface area (Å²) in [4.78, 5) is 25.3. The average Bonchev–Trinajstić information content (AvgIpc) is 3.17. The molecule has 0 unspecified atom stereocenters. The highest BCUT2D eigenvalue weighted by atomic mass is 17.3. The van der Waals surface area contributed by atoms with Crippen LogP contribution in [0, 0.1) is 23.7 Å². The van der Waals surface area contributed by atoms with Gasteiger partial charge < -0.3 is 14.2 Å². The molecule has 0 aromatic heterocycles. The van der Waals surface area contributed by atoms with Gasteiger partial charge in [-0.2, -0.15) is 0 Å². The van der Waals surface area contributed by atoms with Crippen molar-refractivity contribution in [2.45, 2.75) is 96.6 Å². The third-order valence-corrected chi connectivity index (χ3v) is 9.74. The van der Waals surface area contributed by atoms with E-state index in [9.17, 15) is 4.79 Å². The first-order valence-corrected chi connectivity index (χ1v) is 15.0. The number of fused-ring (bicyclic) bond motifs is 2. The Balaban J connectivity index is 1.13. The topological polar surface area (TPSA) is 63.2 Å². The molecular weight excluding hydrogens is 516 g/mol. The van der Waals surface area contributed by atoms with Crippen LogP contribution in [0.2, 0.25) is 0 Å². The van der Waals surface area contributed by atoms with Crippen molar-refractivity contribution in [1.29, 1.82) is 0 Å². The monoisotopic (exact) mass is 558 g/mol. The molecule has 1 aliphatic carbocycles. The number of carbonyl (C=O) groups excluding carboxylic acids is 1. The van der Waals surface area contributed by atoms with Crippen LogP contribution in [0.25, 0.3) is 12.2 Å². The number of carbonyl (C=O) groups is 1. The van der Waals surface area contributed by atoms with E-state index >= 15 is 0 Å². The zero-order valence-corrected chi connectivity index (χ0v) is 25.0. The minimum Gasteiger partial charge on any atom is -0.432 e. The Hall–Kier alpha value is -2.73. The Morgan fingerprint density at radius 1 is 0.927 bits per heavy atom. The van der Waals surface area contributed by atoms with E-state index in [1.54, 1.807) is 12.1 Å².